The lowest BCUT2D eigenvalue weighted by molar-refractivity contribution is 0.533. The SMILES string of the molecule is CN1CCN=C1NCc1csc(-c2ccccc2)n1.I. The van der Waals surface area contributed by atoms with Gasteiger partial charge in [-0.25, -0.2) is 4.98 Å². The molecule has 0 radical (unpaired) electrons. The largest absolute Gasteiger partial charge is 0.351 e. The summed E-state index contributed by atoms with van der Waals surface area (Å²) in [6, 6.07) is 10.3. The number of rotatable bonds is 3. The average Bonchev–Trinajstić information content (AvgIpc) is 3.06. The highest BCUT2D eigenvalue weighted by Gasteiger charge is 2.12. The zero-order valence-corrected chi connectivity index (χ0v) is 14.4. The fraction of sp³-hybridized carbons (Fsp3) is 0.286. The molecule has 0 saturated heterocycles. The number of halogens is 1. The molecule has 20 heavy (non-hydrogen) atoms. The number of benzene rings is 1. The van der Waals surface area contributed by atoms with E-state index < -0.39 is 0 Å². The average molecular weight is 400 g/mol. The maximum absolute atomic E-state index is 4.65. The third-order valence-electron chi connectivity index (χ3n) is 3.06. The Morgan fingerprint density at radius 3 is 2.80 bits per heavy atom. The van der Waals surface area contributed by atoms with Gasteiger partial charge in [0.25, 0.3) is 0 Å². The highest BCUT2D eigenvalue weighted by molar-refractivity contribution is 14.0. The Kier molecular flexibility index (Phi) is 5.36. The van der Waals surface area contributed by atoms with Gasteiger partial charge >= 0.3 is 0 Å². The van der Waals surface area contributed by atoms with Crippen molar-refractivity contribution in [3.05, 3.63) is 41.4 Å². The molecule has 0 aliphatic carbocycles. The van der Waals surface area contributed by atoms with Crippen LogP contribution in [0.15, 0.2) is 40.7 Å². The first-order valence-corrected chi connectivity index (χ1v) is 7.20. The first-order valence-electron chi connectivity index (χ1n) is 6.32. The van der Waals surface area contributed by atoms with Gasteiger partial charge in [0, 0.05) is 24.5 Å². The van der Waals surface area contributed by atoms with Crippen molar-refractivity contribution in [1.29, 1.82) is 0 Å². The van der Waals surface area contributed by atoms with E-state index in [9.17, 15) is 0 Å². The number of thiazole rings is 1. The minimum atomic E-state index is 0. The molecule has 2 heterocycles. The maximum atomic E-state index is 4.65. The Labute approximate surface area is 140 Å². The zero-order valence-electron chi connectivity index (χ0n) is 11.2. The standard InChI is InChI=1S/C14H16N4S.HI/c1-18-8-7-15-14(18)16-9-12-10-19-13(17-12)11-5-3-2-4-6-11;/h2-6,10H,7-9H2,1H3,(H,15,16);1H. The molecule has 106 valence electrons. The normalized spacial score (nSPS) is 13.8. The van der Waals surface area contributed by atoms with Crippen LogP contribution < -0.4 is 5.32 Å². The molecule has 3 rings (SSSR count). The van der Waals surface area contributed by atoms with Gasteiger partial charge in [0.2, 0.25) is 0 Å². The van der Waals surface area contributed by atoms with Gasteiger partial charge in [-0.1, -0.05) is 30.3 Å². The lowest BCUT2D eigenvalue weighted by Gasteiger charge is -2.14. The van der Waals surface area contributed by atoms with E-state index in [1.165, 1.54) is 5.56 Å². The van der Waals surface area contributed by atoms with Crippen LogP contribution in [0.25, 0.3) is 10.6 Å². The molecule has 0 spiro atoms. The summed E-state index contributed by atoms with van der Waals surface area (Å²) in [7, 11) is 2.05. The van der Waals surface area contributed by atoms with Crippen LogP contribution in [-0.4, -0.2) is 36.0 Å². The van der Waals surface area contributed by atoms with Crippen molar-refractivity contribution in [2.45, 2.75) is 6.54 Å². The van der Waals surface area contributed by atoms with Gasteiger partial charge in [-0.2, -0.15) is 0 Å². The van der Waals surface area contributed by atoms with E-state index in [0.717, 1.165) is 36.3 Å². The van der Waals surface area contributed by atoms with Crippen molar-refractivity contribution in [2.75, 3.05) is 20.1 Å². The van der Waals surface area contributed by atoms with Crippen LogP contribution in [0.1, 0.15) is 5.69 Å². The molecule has 1 aliphatic heterocycles. The van der Waals surface area contributed by atoms with Crippen molar-refractivity contribution >= 4 is 41.3 Å². The summed E-state index contributed by atoms with van der Waals surface area (Å²) < 4.78 is 0. The zero-order chi connectivity index (χ0) is 13.1. The van der Waals surface area contributed by atoms with Crippen molar-refractivity contribution in [3.8, 4) is 10.6 Å². The Hall–Kier alpha value is -1.15. The highest BCUT2D eigenvalue weighted by Crippen LogP contribution is 2.23. The van der Waals surface area contributed by atoms with Gasteiger partial charge in [-0.3, -0.25) is 4.99 Å². The predicted octanol–water partition coefficient (Wildman–Crippen LogP) is 2.82. The number of aromatic nitrogens is 1. The lowest BCUT2D eigenvalue weighted by atomic mass is 10.2. The number of aliphatic imine (C=N–C) groups is 1. The second kappa shape index (κ2) is 7.03. The van der Waals surface area contributed by atoms with Crippen LogP contribution in [0, 0.1) is 0 Å². The summed E-state index contributed by atoms with van der Waals surface area (Å²) in [5.41, 5.74) is 2.24. The lowest BCUT2D eigenvalue weighted by Crippen LogP contribution is -2.35. The Morgan fingerprint density at radius 2 is 2.10 bits per heavy atom. The molecule has 1 aliphatic rings. The summed E-state index contributed by atoms with van der Waals surface area (Å²) in [5.74, 6) is 0.967. The number of nitrogens with one attached hydrogen (secondary N) is 1. The highest BCUT2D eigenvalue weighted by atomic mass is 127. The molecule has 1 aromatic heterocycles. The first-order chi connectivity index (χ1) is 9.33. The molecule has 0 atom stereocenters. The minimum absolute atomic E-state index is 0. The molecule has 0 unspecified atom stereocenters. The van der Waals surface area contributed by atoms with Crippen LogP contribution in [0.3, 0.4) is 0 Å². The van der Waals surface area contributed by atoms with E-state index in [2.05, 4.69) is 44.8 Å². The number of likely N-dealkylation sites (N-methyl/N-ethyl adjacent to an activating group) is 1. The van der Waals surface area contributed by atoms with Crippen LogP contribution in [0.2, 0.25) is 0 Å². The smallest absolute Gasteiger partial charge is 0.194 e. The summed E-state index contributed by atoms with van der Waals surface area (Å²) in [4.78, 5) is 11.2. The van der Waals surface area contributed by atoms with Gasteiger partial charge in [0.1, 0.15) is 5.01 Å². The minimum Gasteiger partial charge on any atom is -0.351 e. The van der Waals surface area contributed by atoms with Crippen LogP contribution >= 0.6 is 35.3 Å². The summed E-state index contributed by atoms with van der Waals surface area (Å²) >= 11 is 1.68. The van der Waals surface area contributed by atoms with Crippen molar-refractivity contribution < 1.29 is 0 Å². The van der Waals surface area contributed by atoms with Gasteiger partial charge in [-0.05, 0) is 0 Å². The maximum Gasteiger partial charge on any atom is 0.194 e. The monoisotopic (exact) mass is 400 g/mol. The van der Waals surface area contributed by atoms with E-state index in [0.29, 0.717) is 0 Å². The van der Waals surface area contributed by atoms with Gasteiger partial charge in [-0.15, -0.1) is 35.3 Å². The van der Waals surface area contributed by atoms with Crippen LogP contribution in [0.5, 0.6) is 0 Å². The van der Waals surface area contributed by atoms with E-state index in [4.69, 9.17) is 0 Å². The van der Waals surface area contributed by atoms with Crippen LogP contribution in [-0.2, 0) is 6.54 Å². The summed E-state index contributed by atoms with van der Waals surface area (Å²) in [6.07, 6.45) is 0. The Balaban J connectivity index is 0.00000147. The van der Waals surface area contributed by atoms with Gasteiger partial charge < -0.3 is 10.2 Å². The molecule has 1 N–H and O–H groups in total. The van der Waals surface area contributed by atoms with E-state index in [-0.39, 0.29) is 24.0 Å². The molecule has 2 aromatic rings. The number of hydrogen-bond acceptors (Lipinski definition) is 5. The van der Waals surface area contributed by atoms with Crippen molar-refractivity contribution in [2.24, 2.45) is 4.99 Å². The second-order valence-corrected chi connectivity index (χ2v) is 5.35. The third kappa shape index (κ3) is 3.49. The number of guanidine groups is 1. The molecule has 0 fully saturated rings. The van der Waals surface area contributed by atoms with Crippen LogP contribution in [0.4, 0.5) is 0 Å². The third-order valence-corrected chi connectivity index (χ3v) is 4.00. The Bertz CT molecular complexity index is 582. The molecular formula is C14H17IN4S. The topological polar surface area (TPSA) is 40.5 Å². The van der Waals surface area contributed by atoms with Gasteiger partial charge in [0.15, 0.2) is 5.96 Å². The molecule has 1 aromatic carbocycles. The fourth-order valence-corrected chi connectivity index (χ4v) is 2.82. The van der Waals surface area contributed by atoms with E-state index in [1.807, 2.05) is 18.2 Å². The molecule has 4 nitrogen and oxygen atoms in total. The summed E-state index contributed by atoms with van der Waals surface area (Å²) in [5, 5.41) is 6.50. The van der Waals surface area contributed by atoms with Crippen molar-refractivity contribution in [3.63, 3.8) is 0 Å². The fourth-order valence-electron chi connectivity index (χ4n) is 1.99. The van der Waals surface area contributed by atoms with Crippen molar-refractivity contribution in [1.82, 2.24) is 15.2 Å². The predicted molar refractivity (Wildman–Crippen MR) is 94.7 cm³/mol. The van der Waals surface area contributed by atoms with Gasteiger partial charge in [0.05, 0.1) is 18.8 Å². The quantitative estimate of drug-likeness (QED) is 0.806. The first kappa shape index (κ1) is 15.2. The molecule has 0 saturated carbocycles. The second-order valence-electron chi connectivity index (χ2n) is 4.49. The summed E-state index contributed by atoms with van der Waals surface area (Å²) in [6.45, 7) is 2.60. The molecule has 0 bridgehead atoms. The number of hydrogen-bond donors (Lipinski definition) is 1. The molecular weight excluding hydrogens is 383 g/mol. The van der Waals surface area contributed by atoms with E-state index >= 15 is 0 Å². The Morgan fingerprint density at radius 1 is 1.30 bits per heavy atom. The van der Waals surface area contributed by atoms with E-state index in [1.54, 1.807) is 11.3 Å². The molecule has 0 amide bonds. The molecule has 6 heteroatoms. The number of nitrogens with zero attached hydrogens (tertiary/aromatic N) is 3.